The summed E-state index contributed by atoms with van der Waals surface area (Å²) in [6.07, 6.45) is 5.32. The van der Waals surface area contributed by atoms with Gasteiger partial charge in [0, 0.05) is 18.0 Å². The zero-order chi connectivity index (χ0) is 27.8. The van der Waals surface area contributed by atoms with Gasteiger partial charge in [0.15, 0.2) is 0 Å². The Bertz CT molecular complexity index is 1560. The molecule has 4 aromatic rings. The normalized spacial score (nSPS) is 21.6. The second kappa shape index (κ2) is 11.1. The van der Waals surface area contributed by atoms with Gasteiger partial charge in [-0.15, -0.1) is 0 Å². The van der Waals surface area contributed by atoms with E-state index in [-0.39, 0.29) is 29.9 Å². The Kier molecular flexibility index (Phi) is 7.02. The third kappa shape index (κ3) is 5.37. The van der Waals surface area contributed by atoms with Crippen molar-refractivity contribution in [3.05, 3.63) is 89.9 Å². The second-order valence-corrected chi connectivity index (χ2v) is 11.3. The van der Waals surface area contributed by atoms with Gasteiger partial charge in [0.2, 0.25) is 11.8 Å². The summed E-state index contributed by atoms with van der Waals surface area (Å²) in [5, 5.41) is 5.32. The van der Waals surface area contributed by atoms with E-state index in [1.165, 1.54) is 0 Å². The highest BCUT2D eigenvalue weighted by Gasteiger charge is 2.39. The van der Waals surface area contributed by atoms with Crippen LogP contribution in [-0.4, -0.2) is 53.0 Å². The summed E-state index contributed by atoms with van der Waals surface area (Å²) < 4.78 is 11.4. The minimum absolute atomic E-state index is 0.0245. The topological polar surface area (TPSA) is 96.6 Å². The van der Waals surface area contributed by atoms with Gasteiger partial charge in [-0.1, -0.05) is 54.6 Å². The van der Waals surface area contributed by atoms with Crippen molar-refractivity contribution in [3.63, 3.8) is 0 Å². The molecule has 1 aromatic heterocycles. The maximum Gasteiger partial charge on any atom is 0.250 e. The van der Waals surface area contributed by atoms with E-state index in [1.54, 1.807) is 0 Å². The molecule has 3 fully saturated rings. The fourth-order valence-electron chi connectivity index (χ4n) is 5.98. The molecule has 3 heterocycles. The molecule has 3 aromatic carbocycles. The molecular weight excluding hydrogens is 516 g/mol. The number of carbonyl (C=O) groups is 2. The van der Waals surface area contributed by atoms with E-state index in [2.05, 4.69) is 46.7 Å². The van der Waals surface area contributed by atoms with Crippen molar-refractivity contribution in [2.75, 3.05) is 26.4 Å². The van der Waals surface area contributed by atoms with Gasteiger partial charge in [-0.05, 0) is 59.7 Å². The van der Waals surface area contributed by atoms with Crippen LogP contribution in [0.3, 0.4) is 0 Å². The molecule has 1 saturated carbocycles. The molecule has 2 N–H and O–H groups in total. The van der Waals surface area contributed by atoms with E-state index in [0.717, 1.165) is 64.7 Å². The van der Waals surface area contributed by atoms with E-state index >= 15 is 0 Å². The number of nitrogens with zero attached hydrogens (tertiary/aromatic N) is 2. The fraction of sp³-hybridized carbons (Fsp3) is 0.364. The number of carbonyl (C=O) groups excluding carboxylic acids is 2. The highest BCUT2D eigenvalue weighted by molar-refractivity contribution is 5.91. The Morgan fingerprint density at radius 3 is 2.61 bits per heavy atom. The number of imidazole rings is 1. The van der Waals surface area contributed by atoms with Crippen LogP contribution in [0.15, 0.2) is 72.9 Å². The Morgan fingerprint density at radius 1 is 0.976 bits per heavy atom. The average Bonchev–Trinajstić information content (AvgIpc) is 3.56. The highest BCUT2D eigenvalue weighted by Crippen LogP contribution is 2.36. The van der Waals surface area contributed by atoms with Crippen molar-refractivity contribution >= 4 is 22.6 Å². The number of hydrogen-bond donors (Lipinski definition) is 2. The molecule has 8 heteroatoms. The lowest BCUT2D eigenvalue weighted by atomic mass is 10.0. The van der Waals surface area contributed by atoms with Crippen LogP contribution in [0, 0.1) is 5.92 Å². The van der Waals surface area contributed by atoms with Gasteiger partial charge in [-0.2, -0.15) is 0 Å². The van der Waals surface area contributed by atoms with Gasteiger partial charge >= 0.3 is 0 Å². The van der Waals surface area contributed by atoms with Crippen LogP contribution >= 0.6 is 0 Å². The van der Waals surface area contributed by atoms with Crippen molar-refractivity contribution in [2.45, 2.75) is 43.9 Å². The summed E-state index contributed by atoms with van der Waals surface area (Å²) in [5.41, 5.74) is 3.88. The van der Waals surface area contributed by atoms with Crippen LogP contribution in [0.5, 0.6) is 0 Å². The van der Waals surface area contributed by atoms with E-state index in [1.807, 2.05) is 41.4 Å². The van der Waals surface area contributed by atoms with Crippen LogP contribution < -0.4 is 5.32 Å². The standard InChI is InChI=1S/C33H34N4O4/c38-32(22-8-9-22)36-30(21-5-2-1-3-6-21)33(39)37-14-4-7-28(37)31-34-19-27(35-31)25-12-10-24-18-26(13-11-23(24)17-25)29-20-40-15-16-41-29/h1-3,5-6,10-13,17-19,22,28-30H,4,7-9,14-16,20H2,(H,34,35)(H,36,38)/t28-,29?,30-/m1/s1. The number of nitrogens with one attached hydrogen (secondary N) is 2. The van der Waals surface area contributed by atoms with Gasteiger partial charge < -0.3 is 24.7 Å². The summed E-state index contributed by atoms with van der Waals surface area (Å²) in [6, 6.07) is 21.5. The maximum absolute atomic E-state index is 13.9. The van der Waals surface area contributed by atoms with Crippen molar-refractivity contribution in [1.82, 2.24) is 20.2 Å². The van der Waals surface area contributed by atoms with Crippen molar-refractivity contribution in [2.24, 2.45) is 5.92 Å². The number of benzene rings is 3. The lowest BCUT2D eigenvalue weighted by Gasteiger charge is -2.28. The quantitative estimate of drug-likeness (QED) is 0.328. The monoisotopic (exact) mass is 550 g/mol. The average molecular weight is 551 g/mol. The first-order valence-electron chi connectivity index (χ1n) is 14.6. The molecule has 210 valence electrons. The molecule has 41 heavy (non-hydrogen) atoms. The number of fused-ring (bicyclic) bond motifs is 1. The first kappa shape index (κ1) is 25.9. The van der Waals surface area contributed by atoms with E-state index in [0.29, 0.717) is 26.4 Å². The summed E-state index contributed by atoms with van der Waals surface area (Å²) in [6.45, 7) is 2.49. The van der Waals surface area contributed by atoms with Gasteiger partial charge in [-0.25, -0.2) is 4.98 Å². The molecule has 3 atom stereocenters. The SMILES string of the molecule is O=C(N[C@@H](C(=O)N1CCC[C@@H]1c1ncc(-c2ccc3cc(C4COCCO4)ccc3c2)[nH]1)c1ccccc1)C1CC1. The smallest absolute Gasteiger partial charge is 0.250 e. The zero-order valence-corrected chi connectivity index (χ0v) is 22.9. The van der Waals surface area contributed by atoms with E-state index in [9.17, 15) is 9.59 Å². The number of hydrogen-bond acceptors (Lipinski definition) is 5. The Hall–Kier alpha value is -4.01. The number of rotatable bonds is 7. The number of ether oxygens (including phenoxy) is 2. The van der Waals surface area contributed by atoms with Crippen molar-refractivity contribution in [1.29, 1.82) is 0 Å². The molecule has 8 nitrogen and oxygen atoms in total. The van der Waals surface area contributed by atoms with E-state index in [4.69, 9.17) is 14.5 Å². The number of H-pyrrole nitrogens is 1. The number of amides is 2. The summed E-state index contributed by atoms with van der Waals surface area (Å²) >= 11 is 0. The maximum atomic E-state index is 13.9. The van der Waals surface area contributed by atoms with Gasteiger partial charge in [0.25, 0.3) is 0 Å². The van der Waals surface area contributed by atoms with Gasteiger partial charge in [0.1, 0.15) is 18.0 Å². The lowest BCUT2D eigenvalue weighted by molar-refractivity contribution is -0.137. The second-order valence-electron chi connectivity index (χ2n) is 11.3. The number of aromatic nitrogens is 2. The summed E-state index contributed by atoms with van der Waals surface area (Å²) in [7, 11) is 0. The predicted molar refractivity (Wildman–Crippen MR) is 155 cm³/mol. The Labute approximate surface area is 239 Å². The molecule has 1 aliphatic carbocycles. The molecule has 2 aliphatic heterocycles. The van der Waals surface area contributed by atoms with Crippen LogP contribution in [0.1, 0.15) is 60.8 Å². The first-order chi connectivity index (χ1) is 20.1. The predicted octanol–water partition coefficient (Wildman–Crippen LogP) is 5.25. The molecule has 2 amide bonds. The Morgan fingerprint density at radius 2 is 1.80 bits per heavy atom. The van der Waals surface area contributed by atoms with Crippen molar-refractivity contribution in [3.8, 4) is 11.3 Å². The van der Waals surface area contributed by atoms with E-state index < -0.39 is 6.04 Å². The third-order valence-corrected chi connectivity index (χ3v) is 8.42. The van der Waals surface area contributed by atoms with Gasteiger partial charge in [-0.3, -0.25) is 9.59 Å². The number of aromatic amines is 1. The molecule has 0 bridgehead atoms. The molecule has 0 spiro atoms. The van der Waals surface area contributed by atoms with Crippen LogP contribution in [0.2, 0.25) is 0 Å². The summed E-state index contributed by atoms with van der Waals surface area (Å²) in [4.78, 5) is 36.7. The number of likely N-dealkylation sites (tertiary alicyclic amines) is 1. The van der Waals surface area contributed by atoms with Crippen molar-refractivity contribution < 1.29 is 19.1 Å². The molecule has 1 unspecified atom stereocenters. The molecule has 0 radical (unpaired) electrons. The van der Waals surface area contributed by atoms with Crippen LogP contribution in [0.25, 0.3) is 22.0 Å². The molecule has 7 rings (SSSR count). The fourth-order valence-corrected chi connectivity index (χ4v) is 5.98. The van der Waals surface area contributed by atoms with Crippen LogP contribution in [-0.2, 0) is 19.1 Å². The minimum Gasteiger partial charge on any atom is -0.376 e. The molecule has 2 saturated heterocycles. The Balaban J connectivity index is 1.11. The minimum atomic E-state index is -0.699. The zero-order valence-electron chi connectivity index (χ0n) is 22.9. The molecular formula is C33H34N4O4. The molecule has 3 aliphatic rings. The van der Waals surface area contributed by atoms with Crippen LogP contribution in [0.4, 0.5) is 0 Å². The largest absolute Gasteiger partial charge is 0.376 e. The van der Waals surface area contributed by atoms with Gasteiger partial charge in [0.05, 0.1) is 37.8 Å². The summed E-state index contributed by atoms with van der Waals surface area (Å²) in [5.74, 6) is 0.681. The first-order valence-corrected chi connectivity index (χ1v) is 14.6. The highest BCUT2D eigenvalue weighted by atomic mass is 16.6. The third-order valence-electron chi connectivity index (χ3n) is 8.42. The lowest BCUT2D eigenvalue weighted by Crippen LogP contribution is -2.43.